The lowest BCUT2D eigenvalue weighted by Crippen LogP contribution is -2.01. The third-order valence-electron chi connectivity index (χ3n) is 1.95. The normalized spacial score (nSPS) is 9.86. The number of nitrogens with two attached hydrogens (primary N) is 1. The minimum Gasteiger partial charge on any atom is -0.492 e. The number of benzene rings is 1. The van der Waals surface area contributed by atoms with Gasteiger partial charge in [0.15, 0.2) is 5.78 Å². The number of anilines is 1. The Morgan fingerprint density at radius 2 is 2.14 bits per heavy atom. The Bertz CT molecular complexity index is 334. The number of ketones is 1. The van der Waals surface area contributed by atoms with E-state index in [1.54, 1.807) is 18.2 Å². The molecule has 1 rings (SSSR count). The van der Waals surface area contributed by atoms with E-state index in [0.29, 0.717) is 30.0 Å². The monoisotopic (exact) mass is 193 g/mol. The highest BCUT2D eigenvalue weighted by molar-refractivity contribution is 5.97. The van der Waals surface area contributed by atoms with Crippen LogP contribution in [0.3, 0.4) is 0 Å². The van der Waals surface area contributed by atoms with Crippen molar-refractivity contribution in [1.82, 2.24) is 0 Å². The zero-order valence-corrected chi connectivity index (χ0v) is 8.54. The first-order chi connectivity index (χ1) is 6.69. The largest absolute Gasteiger partial charge is 0.492 e. The van der Waals surface area contributed by atoms with E-state index in [0.717, 1.165) is 0 Å². The molecule has 0 saturated carbocycles. The van der Waals surface area contributed by atoms with E-state index in [2.05, 4.69) is 0 Å². The first-order valence-corrected chi connectivity index (χ1v) is 4.74. The SMILES string of the molecule is CCOc1ccc(C(=O)CC)cc1N. The van der Waals surface area contributed by atoms with Gasteiger partial charge < -0.3 is 10.5 Å². The topological polar surface area (TPSA) is 52.3 Å². The van der Waals surface area contributed by atoms with Crippen molar-refractivity contribution >= 4 is 11.5 Å². The molecule has 0 saturated heterocycles. The predicted octanol–water partition coefficient (Wildman–Crippen LogP) is 2.26. The fraction of sp³-hybridized carbons (Fsp3) is 0.364. The molecule has 0 amide bonds. The number of rotatable bonds is 4. The van der Waals surface area contributed by atoms with Gasteiger partial charge in [0.1, 0.15) is 5.75 Å². The second-order valence-electron chi connectivity index (χ2n) is 2.96. The average molecular weight is 193 g/mol. The number of hydrogen-bond donors (Lipinski definition) is 1. The average Bonchev–Trinajstić information content (AvgIpc) is 2.20. The van der Waals surface area contributed by atoms with Gasteiger partial charge in [-0.05, 0) is 25.1 Å². The highest BCUT2D eigenvalue weighted by Gasteiger charge is 2.06. The minimum absolute atomic E-state index is 0.0970. The van der Waals surface area contributed by atoms with Gasteiger partial charge in [0.2, 0.25) is 0 Å². The van der Waals surface area contributed by atoms with Gasteiger partial charge in [-0.2, -0.15) is 0 Å². The summed E-state index contributed by atoms with van der Waals surface area (Å²) < 4.78 is 5.27. The molecule has 2 N–H and O–H groups in total. The Kier molecular flexibility index (Phi) is 3.51. The third kappa shape index (κ3) is 2.25. The lowest BCUT2D eigenvalue weighted by atomic mass is 10.1. The summed E-state index contributed by atoms with van der Waals surface area (Å²) in [7, 11) is 0. The maximum atomic E-state index is 11.3. The molecule has 3 heteroatoms. The van der Waals surface area contributed by atoms with Crippen molar-refractivity contribution in [3.63, 3.8) is 0 Å². The van der Waals surface area contributed by atoms with Crippen LogP contribution in [0.5, 0.6) is 5.75 Å². The fourth-order valence-corrected chi connectivity index (χ4v) is 1.21. The van der Waals surface area contributed by atoms with Crippen LogP contribution < -0.4 is 10.5 Å². The number of Topliss-reactive ketones (excluding diaryl/α,β-unsaturated/α-hetero) is 1. The number of carbonyl (C=O) groups excluding carboxylic acids is 1. The van der Waals surface area contributed by atoms with Crippen molar-refractivity contribution in [2.24, 2.45) is 0 Å². The Morgan fingerprint density at radius 1 is 1.43 bits per heavy atom. The van der Waals surface area contributed by atoms with Crippen LogP contribution in [0.4, 0.5) is 5.69 Å². The van der Waals surface area contributed by atoms with Crippen LogP contribution in [0.15, 0.2) is 18.2 Å². The summed E-state index contributed by atoms with van der Waals surface area (Å²) in [5, 5.41) is 0. The van der Waals surface area contributed by atoms with Crippen LogP contribution in [0, 0.1) is 0 Å². The van der Waals surface area contributed by atoms with Crippen molar-refractivity contribution in [2.75, 3.05) is 12.3 Å². The zero-order chi connectivity index (χ0) is 10.6. The van der Waals surface area contributed by atoms with Gasteiger partial charge in [-0.25, -0.2) is 0 Å². The molecule has 0 aromatic heterocycles. The summed E-state index contributed by atoms with van der Waals surface area (Å²) >= 11 is 0. The molecule has 0 aliphatic rings. The van der Waals surface area contributed by atoms with Gasteiger partial charge in [-0.1, -0.05) is 6.92 Å². The Labute approximate surface area is 83.9 Å². The van der Waals surface area contributed by atoms with E-state index in [1.165, 1.54) is 0 Å². The number of carbonyl (C=O) groups is 1. The summed E-state index contributed by atoms with van der Waals surface area (Å²) in [4.78, 5) is 11.3. The molecule has 14 heavy (non-hydrogen) atoms. The predicted molar refractivity (Wildman–Crippen MR) is 56.6 cm³/mol. The first kappa shape index (κ1) is 10.6. The maximum Gasteiger partial charge on any atom is 0.162 e. The first-order valence-electron chi connectivity index (χ1n) is 4.74. The molecular weight excluding hydrogens is 178 g/mol. The summed E-state index contributed by atoms with van der Waals surface area (Å²) in [5.41, 5.74) is 6.89. The summed E-state index contributed by atoms with van der Waals surface area (Å²) in [6.45, 7) is 4.30. The van der Waals surface area contributed by atoms with Gasteiger partial charge >= 0.3 is 0 Å². The lowest BCUT2D eigenvalue weighted by Gasteiger charge is -2.07. The van der Waals surface area contributed by atoms with Crippen molar-refractivity contribution < 1.29 is 9.53 Å². The van der Waals surface area contributed by atoms with E-state index in [4.69, 9.17) is 10.5 Å². The van der Waals surface area contributed by atoms with Gasteiger partial charge in [-0.15, -0.1) is 0 Å². The van der Waals surface area contributed by atoms with Crippen molar-refractivity contribution in [1.29, 1.82) is 0 Å². The second-order valence-corrected chi connectivity index (χ2v) is 2.96. The molecule has 0 aliphatic heterocycles. The van der Waals surface area contributed by atoms with Gasteiger partial charge in [-0.3, -0.25) is 4.79 Å². The molecule has 0 unspecified atom stereocenters. The van der Waals surface area contributed by atoms with Crippen molar-refractivity contribution in [3.05, 3.63) is 23.8 Å². The molecule has 0 radical (unpaired) electrons. The summed E-state index contributed by atoms with van der Waals surface area (Å²) in [5.74, 6) is 0.736. The summed E-state index contributed by atoms with van der Waals surface area (Å²) in [6, 6.07) is 5.14. The van der Waals surface area contributed by atoms with Gasteiger partial charge in [0.25, 0.3) is 0 Å². The van der Waals surface area contributed by atoms with Gasteiger partial charge in [0, 0.05) is 12.0 Å². The van der Waals surface area contributed by atoms with Crippen molar-refractivity contribution in [2.45, 2.75) is 20.3 Å². The van der Waals surface area contributed by atoms with E-state index < -0.39 is 0 Å². The van der Waals surface area contributed by atoms with Crippen LogP contribution >= 0.6 is 0 Å². The van der Waals surface area contributed by atoms with Crippen LogP contribution in [0.25, 0.3) is 0 Å². The van der Waals surface area contributed by atoms with Crippen LogP contribution in [0.2, 0.25) is 0 Å². The van der Waals surface area contributed by atoms with Crippen LogP contribution in [-0.2, 0) is 0 Å². The molecule has 0 bridgehead atoms. The lowest BCUT2D eigenvalue weighted by molar-refractivity contribution is 0.0988. The van der Waals surface area contributed by atoms with E-state index in [9.17, 15) is 4.79 Å². The van der Waals surface area contributed by atoms with Crippen LogP contribution in [0.1, 0.15) is 30.6 Å². The highest BCUT2D eigenvalue weighted by Crippen LogP contribution is 2.22. The third-order valence-corrected chi connectivity index (χ3v) is 1.95. The Hall–Kier alpha value is -1.51. The number of hydrogen-bond acceptors (Lipinski definition) is 3. The molecule has 3 nitrogen and oxygen atoms in total. The molecule has 0 atom stereocenters. The maximum absolute atomic E-state index is 11.3. The van der Waals surface area contributed by atoms with Crippen LogP contribution in [-0.4, -0.2) is 12.4 Å². The quantitative estimate of drug-likeness (QED) is 0.589. The minimum atomic E-state index is 0.0970. The smallest absolute Gasteiger partial charge is 0.162 e. The van der Waals surface area contributed by atoms with E-state index >= 15 is 0 Å². The summed E-state index contributed by atoms with van der Waals surface area (Å²) in [6.07, 6.45) is 0.493. The Balaban J connectivity index is 2.94. The van der Waals surface area contributed by atoms with Gasteiger partial charge in [0.05, 0.1) is 12.3 Å². The zero-order valence-electron chi connectivity index (χ0n) is 8.54. The van der Waals surface area contributed by atoms with E-state index in [1.807, 2.05) is 13.8 Å². The number of nitrogen functional groups attached to an aromatic ring is 1. The molecule has 0 fully saturated rings. The molecule has 1 aromatic carbocycles. The molecule has 0 aliphatic carbocycles. The number of ether oxygens (including phenoxy) is 1. The molecule has 0 heterocycles. The van der Waals surface area contributed by atoms with Crippen molar-refractivity contribution in [3.8, 4) is 5.75 Å². The fourth-order valence-electron chi connectivity index (χ4n) is 1.21. The molecular formula is C11H15NO2. The molecule has 76 valence electrons. The standard InChI is InChI=1S/C11H15NO2/c1-3-10(13)8-5-6-11(14-4-2)9(12)7-8/h5-7H,3-4,12H2,1-2H3. The molecule has 0 spiro atoms. The van der Waals surface area contributed by atoms with E-state index in [-0.39, 0.29) is 5.78 Å². The Morgan fingerprint density at radius 3 is 2.64 bits per heavy atom. The highest BCUT2D eigenvalue weighted by atomic mass is 16.5. The molecule has 1 aromatic rings. The second kappa shape index (κ2) is 4.65.